The Morgan fingerprint density at radius 1 is 1.18 bits per heavy atom. The van der Waals surface area contributed by atoms with E-state index in [9.17, 15) is 23.2 Å². The van der Waals surface area contributed by atoms with Crippen molar-refractivity contribution in [2.75, 3.05) is 18.8 Å². The van der Waals surface area contributed by atoms with Crippen molar-refractivity contribution in [1.82, 2.24) is 19.4 Å². The van der Waals surface area contributed by atoms with E-state index in [4.69, 9.17) is 4.74 Å². The fourth-order valence-electron chi connectivity index (χ4n) is 4.50. The van der Waals surface area contributed by atoms with Gasteiger partial charge < -0.3 is 14.2 Å². The Morgan fingerprint density at radius 2 is 1.89 bits per heavy atom. The lowest BCUT2D eigenvalue weighted by Crippen LogP contribution is -2.41. The van der Waals surface area contributed by atoms with Gasteiger partial charge in [-0.3, -0.25) is 0 Å². The maximum Gasteiger partial charge on any atom is 0.417 e. The number of hydrogen-bond acceptors (Lipinski definition) is 6. The van der Waals surface area contributed by atoms with Gasteiger partial charge in [-0.1, -0.05) is 6.07 Å². The van der Waals surface area contributed by atoms with E-state index in [1.807, 2.05) is 26.8 Å². The van der Waals surface area contributed by atoms with E-state index >= 15 is 0 Å². The molecule has 2 aromatic heterocycles. The van der Waals surface area contributed by atoms with Gasteiger partial charge in [0.15, 0.2) is 0 Å². The molecule has 11 heteroatoms. The van der Waals surface area contributed by atoms with E-state index in [1.165, 1.54) is 17.8 Å². The monoisotopic (exact) mass is 545 g/mol. The molecular weight excluding hydrogens is 515 g/mol. The second kappa shape index (κ2) is 10.8. The predicted molar refractivity (Wildman–Crippen MR) is 140 cm³/mol. The van der Waals surface area contributed by atoms with Crippen molar-refractivity contribution in [2.45, 2.75) is 56.7 Å². The SMILES string of the molecule is Cn1ccc2c(-c3ccc(SCCC4CCN(C(=O)OC(C)(C)C)CC4)c(C(F)(F)F)c3)nc(C#N)nc21. The van der Waals surface area contributed by atoms with Gasteiger partial charge in [0, 0.05) is 42.2 Å². The van der Waals surface area contributed by atoms with Crippen LogP contribution in [0.2, 0.25) is 0 Å². The molecule has 38 heavy (non-hydrogen) atoms. The summed E-state index contributed by atoms with van der Waals surface area (Å²) in [5.41, 5.74) is -0.205. The summed E-state index contributed by atoms with van der Waals surface area (Å²) in [4.78, 5) is 22.5. The molecule has 1 fully saturated rings. The van der Waals surface area contributed by atoms with Crippen LogP contribution >= 0.6 is 11.8 Å². The Morgan fingerprint density at radius 3 is 2.53 bits per heavy atom. The van der Waals surface area contributed by atoms with Crippen molar-refractivity contribution in [3.05, 3.63) is 41.9 Å². The van der Waals surface area contributed by atoms with Gasteiger partial charge in [0.25, 0.3) is 0 Å². The lowest BCUT2D eigenvalue weighted by atomic mass is 9.95. The molecule has 0 radical (unpaired) electrons. The summed E-state index contributed by atoms with van der Waals surface area (Å²) >= 11 is 1.19. The molecule has 1 saturated heterocycles. The Hall–Kier alpha value is -3.26. The molecule has 0 N–H and O–H groups in total. The minimum Gasteiger partial charge on any atom is -0.444 e. The highest BCUT2D eigenvalue weighted by atomic mass is 32.2. The van der Waals surface area contributed by atoms with Gasteiger partial charge in [0.1, 0.15) is 17.3 Å². The summed E-state index contributed by atoms with van der Waals surface area (Å²) in [5.74, 6) is 0.778. The van der Waals surface area contributed by atoms with Crippen molar-refractivity contribution >= 4 is 28.9 Å². The van der Waals surface area contributed by atoms with Gasteiger partial charge in [0.05, 0.1) is 11.3 Å². The molecule has 3 heterocycles. The minimum atomic E-state index is -4.54. The molecule has 202 valence electrons. The standard InChI is InChI=1S/C27H30F3N5O2S/c1-26(2,3)37-25(36)35-12-7-17(8-13-35)10-14-38-21-6-5-18(15-20(21)27(28,29)30)23-19-9-11-34(4)24(19)33-22(16-31)32-23/h5-6,9,11,15,17H,7-8,10,12-14H2,1-4H3. The highest BCUT2D eigenvalue weighted by Gasteiger charge is 2.34. The Kier molecular flexibility index (Phi) is 7.93. The summed E-state index contributed by atoms with van der Waals surface area (Å²) in [5, 5.41) is 9.90. The zero-order valence-electron chi connectivity index (χ0n) is 21.8. The summed E-state index contributed by atoms with van der Waals surface area (Å²) in [7, 11) is 1.75. The number of nitrogens with zero attached hydrogens (tertiary/aromatic N) is 5. The molecule has 1 amide bonds. The number of aromatic nitrogens is 3. The molecule has 0 spiro atoms. The predicted octanol–water partition coefficient (Wildman–Crippen LogP) is 6.66. The second-order valence-electron chi connectivity index (χ2n) is 10.4. The molecule has 0 atom stereocenters. The first kappa shape index (κ1) is 27.8. The van der Waals surface area contributed by atoms with E-state index < -0.39 is 17.3 Å². The molecule has 0 aliphatic carbocycles. The fraction of sp³-hybridized carbons (Fsp3) is 0.481. The Labute approximate surface area is 224 Å². The Bertz CT molecular complexity index is 1370. The maximum atomic E-state index is 14.1. The highest BCUT2D eigenvalue weighted by Crippen LogP contribution is 2.40. The summed E-state index contributed by atoms with van der Waals surface area (Å²) in [6.07, 6.45) is -0.777. The van der Waals surface area contributed by atoms with E-state index in [0.717, 1.165) is 25.3 Å². The first-order valence-electron chi connectivity index (χ1n) is 12.4. The van der Waals surface area contributed by atoms with Gasteiger partial charge in [-0.05, 0) is 69.9 Å². The summed E-state index contributed by atoms with van der Waals surface area (Å²) < 4.78 is 49.4. The lowest BCUT2D eigenvalue weighted by molar-refractivity contribution is -0.139. The number of thioether (sulfide) groups is 1. The van der Waals surface area contributed by atoms with Crippen molar-refractivity contribution in [2.24, 2.45) is 13.0 Å². The number of likely N-dealkylation sites (tertiary alicyclic amines) is 1. The lowest BCUT2D eigenvalue weighted by Gasteiger charge is -2.33. The number of nitriles is 1. The number of fused-ring (bicyclic) bond motifs is 1. The van der Waals surface area contributed by atoms with Crippen LogP contribution in [0.3, 0.4) is 0 Å². The average molecular weight is 546 g/mol. The molecule has 4 rings (SSSR count). The normalized spacial score (nSPS) is 15.1. The molecule has 0 bridgehead atoms. The van der Waals surface area contributed by atoms with Gasteiger partial charge in [0.2, 0.25) is 5.82 Å². The van der Waals surface area contributed by atoms with Crippen LogP contribution in [0.5, 0.6) is 0 Å². The van der Waals surface area contributed by atoms with Crippen LogP contribution in [-0.2, 0) is 18.0 Å². The van der Waals surface area contributed by atoms with Crippen LogP contribution in [0, 0.1) is 17.2 Å². The van der Waals surface area contributed by atoms with E-state index in [-0.39, 0.29) is 22.4 Å². The van der Waals surface area contributed by atoms with Crippen LogP contribution in [-0.4, -0.2) is 50.0 Å². The molecular formula is C27H30F3N5O2S. The third kappa shape index (κ3) is 6.41. The van der Waals surface area contributed by atoms with E-state index in [2.05, 4.69) is 9.97 Å². The van der Waals surface area contributed by atoms with Crippen molar-refractivity contribution in [1.29, 1.82) is 5.26 Å². The quantitative estimate of drug-likeness (QED) is 0.334. The number of ether oxygens (including phenoxy) is 1. The fourth-order valence-corrected chi connectivity index (χ4v) is 5.66. The number of halogens is 3. The topological polar surface area (TPSA) is 84.0 Å². The number of rotatable bonds is 5. The average Bonchev–Trinajstić information content (AvgIpc) is 3.23. The number of carbonyl (C=O) groups is 1. The van der Waals surface area contributed by atoms with Crippen LogP contribution in [0.4, 0.5) is 18.0 Å². The van der Waals surface area contributed by atoms with Crippen molar-refractivity contribution in [3.63, 3.8) is 0 Å². The summed E-state index contributed by atoms with van der Waals surface area (Å²) in [6.45, 7) is 6.66. The largest absolute Gasteiger partial charge is 0.444 e. The van der Waals surface area contributed by atoms with Crippen molar-refractivity contribution in [3.8, 4) is 17.3 Å². The molecule has 3 aromatic rings. The molecule has 0 unspecified atom stereocenters. The minimum absolute atomic E-state index is 0.0981. The third-order valence-corrected chi connectivity index (χ3v) is 7.54. The highest BCUT2D eigenvalue weighted by molar-refractivity contribution is 7.99. The van der Waals surface area contributed by atoms with Crippen LogP contribution in [0.25, 0.3) is 22.3 Å². The van der Waals surface area contributed by atoms with E-state index in [1.54, 1.807) is 34.8 Å². The zero-order valence-corrected chi connectivity index (χ0v) is 22.6. The molecule has 1 aliphatic heterocycles. The smallest absolute Gasteiger partial charge is 0.417 e. The molecule has 7 nitrogen and oxygen atoms in total. The number of hydrogen-bond donors (Lipinski definition) is 0. The second-order valence-corrected chi connectivity index (χ2v) is 11.6. The van der Waals surface area contributed by atoms with Gasteiger partial charge in [-0.25, -0.2) is 14.8 Å². The van der Waals surface area contributed by atoms with Gasteiger partial charge in [-0.15, -0.1) is 11.8 Å². The Balaban J connectivity index is 1.45. The first-order valence-corrected chi connectivity index (χ1v) is 13.4. The number of carbonyl (C=O) groups excluding carboxylic acids is 1. The van der Waals surface area contributed by atoms with E-state index in [0.29, 0.717) is 41.5 Å². The molecule has 1 aliphatic rings. The molecule has 0 saturated carbocycles. The maximum absolute atomic E-state index is 14.1. The van der Waals surface area contributed by atoms with Crippen LogP contribution in [0.15, 0.2) is 35.4 Å². The molecule has 1 aromatic carbocycles. The number of alkyl halides is 3. The zero-order chi connectivity index (χ0) is 27.7. The first-order chi connectivity index (χ1) is 17.9. The van der Waals surface area contributed by atoms with Crippen LogP contribution < -0.4 is 0 Å². The van der Waals surface area contributed by atoms with Gasteiger partial charge >= 0.3 is 12.3 Å². The number of piperidine rings is 1. The number of aryl methyl sites for hydroxylation is 1. The van der Waals surface area contributed by atoms with Crippen LogP contribution in [0.1, 0.15) is 51.4 Å². The number of benzene rings is 1. The third-order valence-electron chi connectivity index (χ3n) is 6.43. The van der Waals surface area contributed by atoms with Crippen molar-refractivity contribution < 1.29 is 22.7 Å². The van der Waals surface area contributed by atoms with Gasteiger partial charge in [-0.2, -0.15) is 18.4 Å². The summed E-state index contributed by atoms with van der Waals surface area (Å²) in [6, 6.07) is 7.83. The number of amides is 1.